The van der Waals surface area contributed by atoms with Gasteiger partial charge in [-0.25, -0.2) is 12.8 Å². The number of hydrogen-bond donors (Lipinski definition) is 1. The molecular formula is C16H19ClFN3O2S. The lowest BCUT2D eigenvalue weighted by molar-refractivity contribution is 0.271. The first-order valence-electron chi connectivity index (χ1n) is 7.41. The van der Waals surface area contributed by atoms with Gasteiger partial charge >= 0.3 is 0 Å². The summed E-state index contributed by atoms with van der Waals surface area (Å²) in [6.45, 7) is 1.57. The van der Waals surface area contributed by atoms with Crippen molar-refractivity contribution in [2.24, 2.45) is 0 Å². The van der Waals surface area contributed by atoms with Crippen LogP contribution in [-0.2, 0) is 15.8 Å². The Morgan fingerprint density at radius 2 is 2.00 bits per heavy atom. The topological polar surface area (TPSA) is 62.3 Å². The highest BCUT2D eigenvalue weighted by Crippen LogP contribution is 2.26. The van der Waals surface area contributed by atoms with Crippen LogP contribution >= 0.6 is 12.4 Å². The molecule has 2 aromatic rings. The first kappa shape index (κ1) is 18.8. The molecule has 2 heterocycles. The number of hydrogen-bond acceptors (Lipinski definition) is 4. The summed E-state index contributed by atoms with van der Waals surface area (Å²) < 4.78 is 40.1. The first-order valence-corrected chi connectivity index (χ1v) is 9.02. The van der Waals surface area contributed by atoms with Crippen LogP contribution in [0.25, 0.3) is 0 Å². The van der Waals surface area contributed by atoms with E-state index in [0.717, 1.165) is 5.56 Å². The van der Waals surface area contributed by atoms with Gasteiger partial charge in [-0.05, 0) is 29.3 Å². The molecule has 0 amide bonds. The summed E-state index contributed by atoms with van der Waals surface area (Å²) in [5.41, 5.74) is 1.44. The van der Waals surface area contributed by atoms with Gasteiger partial charge in [0.05, 0.1) is 11.8 Å². The highest BCUT2D eigenvalue weighted by molar-refractivity contribution is 7.88. The summed E-state index contributed by atoms with van der Waals surface area (Å²) in [5.74, 6) is -0.508. The average molecular weight is 372 g/mol. The lowest BCUT2D eigenvalue weighted by Gasteiger charge is -2.35. The Bertz CT molecular complexity index is 757. The lowest BCUT2D eigenvalue weighted by atomic mass is 10.1. The van der Waals surface area contributed by atoms with E-state index in [-0.39, 0.29) is 30.0 Å². The number of benzene rings is 1. The van der Waals surface area contributed by atoms with Crippen molar-refractivity contribution in [1.29, 1.82) is 0 Å². The maximum Gasteiger partial charge on any atom is 0.218 e. The third kappa shape index (κ3) is 4.30. The number of halogens is 2. The fourth-order valence-corrected chi connectivity index (χ4v) is 4.48. The summed E-state index contributed by atoms with van der Waals surface area (Å²) in [7, 11) is -3.50. The van der Waals surface area contributed by atoms with E-state index in [1.54, 1.807) is 18.5 Å². The molecule has 0 bridgehead atoms. The number of nitrogens with one attached hydrogen (secondary N) is 1. The number of nitrogens with zero attached hydrogens (tertiary/aromatic N) is 2. The molecule has 0 saturated carbocycles. The quantitative estimate of drug-likeness (QED) is 0.894. The van der Waals surface area contributed by atoms with E-state index in [2.05, 4.69) is 10.3 Å². The Morgan fingerprint density at radius 1 is 1.25 bits per heavy atom. The highest BCUT2D eigenvalue weighted by Gasteiger charge is 2.33. The van der Waals surface area contributed by atoms with Crippen LogP contribution in [0.1, 0.15) is 17.2 Å². The van der Waals surface area contributed by atoms with E-state index < -0.39 is 10.0 Å². The number of aromatic nitrogens is 1. The van der Waals surface area contributed by atoms with Crippen LogP contribution in [0.15, 0.2) is 48.8 Å². The van der Waals surface area contributed by atoms with E-state index in [1.807, 2.05) is 6.07 Å². The van der Waals surface area contributed by atoms with Crippen molar-refractivity contribution in [3.05, 3.63) is 65.7 Å². The standard InChI is InChI=1S/C16H18FN3O2S.ClH/c17-15-5-3-13(4-6-15)12-23(21,22)20-9-8-19-11-16(20)14-2-1-7-18-10-14;/h1-7,10,16,19H,8-9,11-12H2;1H. The maximum absolute atomic E-state index is 13.0. The molecule has 5 nitrogen and oxygen atoms in total. The average Bonchev–Trinajstić information content (AvgIpc) is 2.58. The minimum atomic E-state index is -3.50. The van der Waals surface area contributed by atoms with Crippen LogP contribution in [0.5, 0.6) is 0 Å². The van der Waals surface area contributed by atoms with E-state index in [0.29, 0.717) is 25.2 Å². The molecule has 1 saturated heterocycles. The van der Waals surface area contributed by atoms with E-state index in [4.69, 9.17) is 0 Å². The van der Waals surface area contributed by atoms with Crippen molar-refractivity contribution in [3.63, 3.8) is 0 Å². The van der Waals surface area contributed by atoms with E-state index in [9.17, 15) is 12.8 Å². The van der Waals surface area contributed by atoms with Crippen LogP contribution in [0, 0.1) is 5.82 Å². The molecular weight excluding hydrogens is 353 g/mol. The second kappa shape index (κ2) is 8.02. The summed E-state index contributed by atoms with van der Waals surface area (Å²) >= 11 is 0. The SMILES string of the molecule is Cl.O=S(=O)(Cc1ccc(F)cc1)N1CCNCC1c1cccnc1. The van der Waals surface area contributed by atoms with Crippen molar-refractivity contribution in [1.82, 2.24) is 14.6 Å². The van der Waals surface area contributed by atoms with Crippen LogP contribution in [-0.4, -0.2) is 37.3 Å². The van der Waals surface area contributed by atoms with E-state index in [1.165, 1.54) is 28.6 Å². The predicted octanol–water partition coefficient (Wildman–Crippen LogP) is 2.12. The molecule has 1 fully saturated rings. The van der Waals surface area contributed by atoms with Crippen LogP contribution in [0.2, 0.25) is 0 Å². The molecule has 8 heteroatoms. The van der Waals surface area contributed by atoms with Crippen molar-refractivity contribution in [2.75, 3.05) is 19.6 Å². The normalized spacial score (nSPS) is 18.8. The minimum absolute atomic E-state index is 0. The van der Waals surface area contributed by atoms with Gasteiger partial charge in [0.2, 0.25) is 10.0 Å². The van der Waals surface area contributed by atoms with Gasteiger partial charge in [-0.2, -0.15) is 4.31 Å². The molecule has 1 atom stereocenters. The van der Waals surface area contributed by atoms with Crippen molar-refractivity contribution in [3.8, 4) is 0 Å². The monoisotopic (exact) mass is 371 g/mol. The molecule has 24 heavy (non-hydrogen) atoms. The third-order valence-electron chi connectivity index (χ3n) is 3.88. The lowest BCUT2D eigenvalue weighted by Crippen LogP contribution is -2.48. The van der Waals surface area contributed by atoms with Crippen molar-refractivity contribution in [2.45, 2.75) is 11.8 Å². The van der Waals surface area contributed by atoms with Gasteiger partial charge in [-0.1, -0.05) is 18.2 Å². The smallest absolute Gasteiger partial charge is 0.218 e. The highest BCUT2D eigenvalue weighted by atomic mass is 35.5. The maximum atomic E-state index is 13.0. The zero-order valence-corrected chi connectivity index (χ0v) is 14.6. The van der Waals surface area contributed by atoms with Crippen LogP contribution < -0.4 is 5.32 Å². The second-order valence-electron chi connectivity index (χ2n) is 5.50. The summed E-state index contributed by atoms with van der Waals surface area (Å²) in [5, 5.41) is 3.22. The molecule has 0 spiro atoms. The minimum Gasteiger partial charge on any atom is -0.313 e. The van der Waals surface area contributed by atoms with Gasteiger partial charge in [-0.3, -0.25) is 4.98 Å². The molecule has 1 aliphatic heterocycles. The number of rotatable bonds is 4. The fourth-order valence-electron chi connectivity index (χ4n) is 2.75. The second-order valence-corrected chi connectivity index (χ2v) is 7.42. The fraction of sp³-hybridized carbons (Fsp3) is 0.312. The molecule has 1 aromatic heterocycles. The molecule has 0 aliphatic carbocycles. The predicted molar refractivity (Wildman–Crippen MR) is 92.8 cm³/mol. The number of pyridine rings is 1. The number of piperazine rings is 1. The Kier molecular flexibility index (Phi) is 6.28. The van der Waals surface area contributed by atoms with Gasteiger partial charge in [0, 0.05) is 32.0 Å². The van der Waals surface area contributed by atoms with Gasteiger partial charge < -0.3 is 5.32 Å². The Morgan fingerprint density at radius 3 is 2.67 bits per heavy atom. The molecule has 3 rings (SSSR count). The van der Waals surface area contributed by atoms with Crippen molar-refractivity contribution < 1.29 is 12.8 Å². The zero-order chi connectivity index (χ0) is 16.3. The summed E-state index contributed by atoms with van der Waals surface area (Å²) in [4.78, 5) is 4.08. The third-order valence-corrected chi connectivity index (χ3v) is 5.73. The van der Waals surface area contributed by atoms with Crippen molar-refractivity contribution >= 4 is 22.4 Å². The summed E-state index contributed by atoms with van der Waals surface area (Å²) in [6.07, 6.45) is 3.36. The Hall–Kier alpha value is -1.54. The molecule has 1 aliphatic rings. The molecule has 0 radical (unpaired) electrons. The van der Waals surface area contributed by atoms with Gasteiger partial charge in [0.15, 0.2) is 0 Å². The zero-order valence-electron chi connectivity index (χ0n) is 12.9. The first-order chi connectivity index (χ1) is 11.1. The summed E-state index contributed by atoms with van der Waals surface area (Å²) in [6, 6.07) is 8.98. The largest absolute Gasteiger partial charge is 0.313 e. The van der Waals surface area contributed by atoms with Gasteiger partial charge in [0.1, 0.15) is 5.82 Å². The molecule has 1 N–H and O–H groups in total. The molecule has 1 unspecified atom stereocenters. The van der Waals surface area contributed by atoms with Crippen LogP contribution in [0.4, 0.5) is 4.39 Å². The molecule has 1 aromatic carbocycles. The van der Waals surface area contributed by atoms with Crippen LogP contribution in [0.3, 0.4) is 0 Å². The molecule has 130 valence electrons. The number of sulfonamides is 1. The Labute approximate surface area is 147 Å². The van der Waals surface area contributed by atoms with Gasteiger partial charge in [0.25, 0.3) is 0 Å². The Balaban J connectivity index is 0.00000208. The van der Waals surface area contributed by atoms with E-state index >= 15 is 0 Å². The van der Waals surface area contributed by atoms with Gasteiger partial charge in [-0.15, -0.1) is 12.4 Å².